The van der Waals surface area contributed by atoms with Crippen molar-refractivity contribution in [2.45, 2.75) is 18.3 Å². The number of furan rings is 1. The lowest BCUT2D eigenvalue weighted by molar-refractivity contribution is 0.376. The zero-order valence-electron chi connectivity index (χ0n) is 9.93. The summed E-state index contributed by atoms with van der Waals surface area (Å²) < 4.78 is 10.7. The van der Waals surface area contributed by atoms with Gasteiger partial charge in [-0.2, -0.15) is 4.98 Å². The molecule has 4 rings (SSSR count). The molecule has 1 aliphatic carbocycles. The lowest BCUT2D eigenvalue weighted by atomic mass is 10.2. The fourth-order valence-electron chi connectivity index (χ4n) is 2.19. The maximum Gasteiger partial charge on any atom is 0.230 e. The highest BCUT2D eigenvalue weighted by molar-refractivity contribution is 5.45. The Hall–Kier alpha value is -2.50. The van der Waals surface area contributed by atoms with Crippen LogP contribution in [0.15, 0.2) is 45.9 Å². The van der Waals surface area contributed by atoms with Crippen molar-refractivity contribution in [1.82, 2.24) is 20.1 Å². The van der Waals surface area contributed by atoms with E-state index in [2.05, 4.69) is 20.1 Å². The first kappa shape index (κ1) is 10.4. The number of aromatic nitrogens is 4. The maximum absolute atomic E-state index is 5.39. The quantitative estimate of drug-likeness (QED) is 0.714. The Labute approximate surface area is 108 Å². The molecule has 0 amide bonds. The average Bonchev–Trinajstić information content (AvgIpc) is 2.93. The van der Waals surface area contributed by atoms with E-state index in [-0.39, 0.29) is 5.92 Å². The molecular weight excluding hydrogens is 244 g/mol. The summed E-state index contributed by atoms with van der Waals surface area (Å²) in [7, 11) is 0. The minimum atomic E-state index is 0.254. The molecule has 0 N–H and O–H groups in total. The molecule has 3 aromatic heterocycles. The molecule has 19 heavy (non-hydrogen) atoms. The van der Waals surface area contributed by atoms with Crippen LogP contribution in [0, 0.1) is 0 Å². The van der Waals surface area contributed by atoms with Crippen LogP contribution < -0.4 is 0 Å². The van der Waals surface area contributed by atoms with Crippen LogP contribution in [0.2, 0.25) is 0 Å². The molecule has 0 aromatic carbocycles. The summed E-state index contributed by atoms with van der Waals surface area (Å²) in [5.74, 6) is 2.70. The largest absolute Gasteiger partial charge is 0.469 e. The van der Waals surface area contributed by atoms with E-state index in [1.807, 2.05) is 12.1 Å². The molecular formula is C13H10N4O2. The summed E-state index contributed by atoms with van der Waals surface area (Å²) >= 11 is 0. The van der Waals surface area contributed by atoms with Crippen molar-refractivity contribution in [2.75, 3.05) is 0 Å². The topological polar surface area (TPSA) is 77.8 Å². The van der Waals surface area contributed by atoms with Crippen molar-refractivity contribution in [3.05, 3.63) is 48.6 Å². The Balaban J connectivity index is 1.57. The van der Waals surface area contributed by atoms with Gasteiger partial charge < -0.3 is 8.94 Å². The Bertz CT molecular complexity index is 678. The molecule has 3 heterocycles. The van der Waals surface area contributed by atoms with Crippen molar-refractivity contribution < 1.29 is 8.94 Å². The van der Waals surface area contributed by atoms with Crippen LogP contribution >= 0.6 is 0 Å². The highest BCUT2D eigenvalue weighted by atomic mass is 16.5. The van der Waals surface area contributed by atoms with Crippen LogP contribution in [0.1, 0.15) is 29.9 Å². The third kappa shape index (κ3) is 1.81. The van der Waals surface area contributed by atoms with Gasteiger partial charge in [0.2, 0.25) is 11.7 Å². The summed E-state index contributed by atoms with van der Waals surface area (Å²) in [5.41, 5.74) is 0.618. The van der Waals surface area contributed by atoms with Crippen LogP contribution in [0.5, 0.6) is 0 Å². The minimum Gasteiger partial charge on any atom is -0.469 e. The predicted molar refractivity (Wildman–Crippen MR) is 64.1 cm³/mol. The van der Waals surface area contributed by atoms with Gasteiger partial charge in [0.15, 0.2) is 0 Å². The van der Waals surface area contributed by atoms with E-state index in [0.29, 0.717) is 23.3 Å². The summed E-state index contributed by atoms with van der Waals surface area (Å²) in [6.07, 6.45) is 7.50. The summed E-state index contributed by atoms with van der Waals surface area (Å²) in [6.45, 7) is 0. The van der Waals surface area contributed by atoms with Gasteiger partial charge in [0.05, 0.1) is 12.5 Å². The van der Waals surface area contributed by atoms with Gasteiger partial charge in [0.25, 0.3) is 0 Å². The van der Waals surface area contributed by atoms with Gasteiger partial charge in [-0.15, -0.1) is 0 Å². The molecule has 0 aliphatic heterocycles. The molecule has 0 radical (unpaired) electrons. The standard InChI is InChI=1S/C13H10N4O2/c1-2-11(18-5-1)8-6-9(8)13-16-12(17-19-13)10-7-14-3-4-15-10/h1-5,7-9H,6H2/t8-,9-/m0/s1. The van der Waals surface area contributed by atoms with E-state index in [1.54, 1.807) is 24.9 Å². The fraction of sp³-hybridized carbons (Fsp3) is 0.231. The Morgan fingerprint density at radius 1 is 1.21 bits per heavy atom. The Morgan fingerprint density at radius 2 is 2.21 bits per heavy atom. The third-order valence-corrected chi connectivity index (χ3v) is 3.25. The molecule has 0 unspecified atom stereocenters. The van der Waals surface area contributed by atoms with Crippen molar-refractivity contribution in [1.29, 1.82) is 0 Å². The Morgan fingerprint density at radius 3 is 3.00 bits per heavy atom. The van der Waals surface area contributed by atoms with Gasteiger partial charge in [-0.3, -0.25) is 4.98 Å². The van der Waals surface area contributed by atoms with Crippen LogP contribution in [0.4, 0.5) is 0 Å². The van der Waals surface area contributed by atoms with Crippen molar-refractivity contribution >= 4 is 0 Å². The van der Waals surface area contributed by atoms with E-state index in [0.717, 1.165) is 12.2 Å². The first-order chi connectivity index (χ1) is 9.42. The molecule has 1 fully saturated rings. The average molecular weight is 254 g/mol. The monoisotopic (exact) mass is 254 g/mol. The van der Waals surface area contributed by atoms with Gasteiger partial charge in [0, 0.05) is 24.2 Å². The van der Waals surface area contributed by atoms with Crippen molar-refractivity contribution in [3.63, 3.8) is 0 Å². The number of hydrogen-bond acceptors (Lipinski definition) is 6. The molecule has 6 nitrogen and oxygen atoms in total. The first-order valence-electron chi connectivity index (χ1n) is 6.05. The molecule has 1 saturated carbocycles. The predicted octanol–water partition coefficient (Wildman–Crippen LogP) is 2.39. The third-order valence-electron chi connectivity index (χ3n) is 3.25. The lowest BCUT2D eigenvalue weighted by Gasteiger charge is -1.90. The van der Waals surface area contributed by atoms with Gasteiger partial charge in [-0.25, -0.2) is 4.98 Å². The number of rotatable bonds is 3. The molecule has 94 valence electrons. The van der Waals surface area contributed by atoms with Crippen LogP contribution in [-0.2, 0) is 0 Å². The normalized spacial score (nSPS) is 21.5. The molecule has 0 spiro atoms. The van der Waals surface area contributed by atoms with Crippen molar-refractivity contribution in [3.8, 4) is 11.5 Å². The van der Waals surface area contributed by atoms with E-state index < -0.39 is 0 Å². The SMILES string of the molecule is c1coc([C@H]2C[C@@H]2c2nc(-c3cnccn3)no2)c1. The highest BCUT2D eigenvalue weighted by Gasteiger charge is 2.45. The molecule has 1 aliphatic rings. The van der Waals surface area contributed by atoms with Gasteiger partial charge >= 0.3 is 0 Å². The van der Waals surface area contributed by atoms with E-state index in [1.165, 1.54) is 0 Å². The van der Waals surface area contributed by atoms with Gasteiger partial charge in [-0.05, 0) is 18.6 Å². The van der Waals surface area contributed by atoms with Crippen LogP contribution in [-0.4, -0.2) is 20.1 Å². The maximum atomic E-state index is 5.39. The second kappa shape index (κ2) is 4.01. The smallest absolute Gasteiger partial charge is 0.230 e. The molecule has 0 saturated heterocycles. The zero-order chi connectivity index (χ0) is 12.7. The second-order valence-electron chi connectivity index (χ2n) is 4.51. The van der Waals surface area contributed by atoms with E-state index in [9.17, 15) is 0 Å². The minimum absolute atomic E-state index is 0.254. The van der Waals surface area contributed by atoms with Gasteiger partial charge in [-0.1, -0.05) is 5.16 Å². The second-order valence-corrected chi connectivity index (χ2v) is 4.51. The van der Waals surface area contributed by atoms with Crippen LogP contribution in [0.3, 0.4) is 0 Å². The fourth-order valence-corrected chi connectivity index (χ4v) is 2.19. The zero-order valence-corrected chi connectivity index (χ0v) is 9.93. The molecule has 6 heteroatoms. The summed E-state index contributed by atoms with van der Waals surface area (Å²) in [4.78, 5) is 12.5. The lowest BCUT2D eigenvalue weighted by Crippen LogP contribution is -1.87. The van der Waals surface area contributed by atoms with Gasteiger partial charge in [0.1, 0.15) is 11.5 Å². The summed E-state index contributed by atoms with van der Waals surface area (Å²) in [5, 5.41) is 3.94. The summed E-state index contributed by atoms with van der Waals surface area (Å²) in [6, 6.07) is 3.87. The highest BCUT2D eigenvalue weighted by Crippen LogP contribution is 2.54. The van der Waals surface area contributed by atoms with E-state index in [4.69, 9.17) is 8.94 Å². The molecule has 3 aromatic rings. The van der Waals surface area contributed by atoms with Crippen LogP contribution in [0.25, 0.3) is 11.5 Å². The number of hydrogen-bond donors (Lipinski definition) is 0. The molecule has 0 bridgehead atoms. The van der Waals surface area contributed by atoms with E-state index >= 15 is 0 Å². The Kier molecular flexibility index (Phi) is 2.20. The first-order valence-corrected chi connectivity index (χ1v) is 6.05. The van der Waals surface area contributed by atoms with Crippen molar-refractivity contribution in [2.24, 2.45) is 0 Å². The number of nitrogens with zero attached hydrogens (tertiary/aromatic N) is 4. The molecule has 2 atom stereocenters.